The van der Waals surface area contributed by atoms with Crippen molar-refractivity contribution in [2.45, 2.75) is 55.5 Å². The molecule has 1 heterocycles. The molecular formula is C20H22F3NO2S. The Bertz CT molecular complexity index is 979. The number of fused-ring (bicyclic) bond motifs is 2. The molecule has 0 saturated carbocycles. The van der Waals surface area contributed by atoms with Crippen LogP contribution in [0, 0.1) is 0 Å². The van der Waals surface area contributed by atoms with Crippen LogP contribution in [0.15, 0.2) is 46.2 Å². The largest absolute Gasteiger partial charge is 0.406 e. The van der Waals surface area contributed by atoms with Gasteiger partial charge < -0.3 is 4.90 Å². The molecule has 7 heteroatoms. The van der Waals surface area contributed by atoms with E-state index in [-0.39, 0.29) is 33.0 Å². The zero-order chi connectivity index (χ0) is 20.1. The van der Waals surface area contributed by atoms with E-state index >= 15 is 0 Å². The van der Waals surface area contributed by atoms with E-state index in [0.29, 0.717) is 0 Å². The second-order valence-electron chi connectivity index (χ2n) is 7.47. The molecule has 3 rings (SSSR count). The summed E-state index contributed by atoms with van der Waals surface area (Å²) in [7, 11) is -3.90. The van der Waals surface area contributed by atoms with Gasteiger partial charge >= 0.3 is 6.18 Å². The molecule has 3 nitrogen and oxygen atoms in total. The highest BCUT2D eigenvalue weighted by atomic mass is 32.2. The van der Waals surface area contributed by atoms with Crippen molar-refractivity contribution >= 4 is 21.2 Å². The van der Waals surface area contributed by atoms with Gasteiger partial charge in [0.15, 0.2) is 0 Å². The summed E-state index contributed by atoms with van der Waals surface area (Å²) in [6.45, 7) is 6.40. The monoisotopic (exact) mass is 397 g/mol. The first-order valence-electron chi connectivity index (χ1n) is 8.79. The molecule has 0 spiro atoms. The number of sulfone groups is 1. The van der Waals surface area contributed by atoms with Gasteiger partial charge in [-0.1, -0.05) is 39.8 Å². The number of nitrogens with zero attached hydrogens (tertiary/aromatic N) is 1. The Balaban J connectivity index is 2.30. The molecule has 146 valence electrons. The van der Waals surface area contributed by atoms with Crippen molar-refractivity contribution in [3.05, 3.63) is 47.5 Å². The zero-order valence-electron chi connectivity index (χ0n) is 15.6. The summed E-state index contributed by atoms with van der Waals surface area (Å²) in [4.78, 5) is 0.925. The van der Waals surface area contributed by atoms with Crippen LogP contribution in [0.5, 0.6) is 0 Å². The maximum Gasteiger partial charge on any atom is 0.406 e. The zero-order valence-corrected chi connectivity index (χ0v) is 16.4. The van der Waals surface area contributed by atoms with Gasteiger partial charge in [-0.25, -0.2) is 8.42 Å². The quantitative estimate of drug-likeness (QED) is 0.659. The number of hydrogen-bond acceptors (Lipinski definition) is 3. The predicted molar refractivity (Wildman–Crippen MR) is 99.6 cm³/mol. The molecule has 0 N–H and O–H groups in total. The maximum atomic E-state index is 13.3. The van der Waals surface area contributed by atoms with Crippen LogP contribution < -0.4 is 4.90 Å². The third-order valence-electron chi connectivity index (χ3n) is 4.80. The second-order valence-corrected chi connectivity index (χ2v) is 9.36. The van der Waals surface area contributed by atoms with E-state index < -0.39 is 22.6 Å². The number of alkyl halides is 3. The maximum absolute atomic E-state index is 13.3. The fraction of sp³-hybridized carbons (Fsp3) is 0.400. The molecule has 0 unspecified atom stereocenters. The highest BCUT2D eigenvalue weighted by Crippen LogP contribution is 2.46. The Labute approximate surface area is 157 Å². The Kier molecular flexibility index (Phi) is 4.78. The van der Waals surface area contributed by atoms with E-state index in [1.807, 2.05) is 27.7 Å². The van der Waals surface area contributed by atoms with Crippen molar-refractivity contribution in [2.24, 2.45) is 0 Å². The van der Waals surface area contributed by atoms with E-state index in [1.54, 1.807) is 18.2 Å². The fourth-order valence-electron chi connectivity index (χ4n) is 3.26. The Morgan fingerprint density at radius 2 is 1.41 bits per heavy atom. The van der Waals surface area contributed by atoms with E-state index in [2.05, 4.69) is 0 Å². The topological polar surface area (TPSA) is 37.4 Å². The highest BCUT2D eigenvalue weighted by Gasteiger charge is 2.40. The molecule has 2 aromatic carbocycles. The summed E-state index contributed by atoms with van der Waals surface area (Å²) in [5.41, 5.74) is 1.72. The number of rotatable bonds is 3. The van der Waals surface area contributed by atoms with Crippen LogP contribution in [0.25, 0.3) is 0 Å². The smallest absolute Gasteiger partial charge is 0.330 e. The third kappa shape index (κ3) is 3.57. The molecule has 2 aromatic rings. The van der Waals surface area contributed by atoms with Crippen molar-refractivity contribution in [3.8, 4) is 0 Å². The summed E-state index contributed by atoms with van der Waals surface area (Å²) in [5, 5.41) is 0. The normalized spacial score (nSPS) is 15.8. The third-order valence-corrected chi connectivity index (χ3v) is 6.63. The average molecular weight is 397 g/mol. The van der Waals surface area contributed by atoms with Crippen molar-refractivity contribution in [2.75, 3.05) is 11.4 Å². The summed E-state index contributed by atoms with van der Waals surface area (Å²) >= 11 is 0. The fourth-order valence-corrected chi connectivity index (χ4v) is 4.93. The Morgan fingerprint density at radius 1 is 0.852 bits per heavy atom. The van der Waals surface area contributed by atoms with E-state index in [1.165, 1.54) is 18.2 Å². The van der Waals surface area contributed by atoms with Gasteiger partial charge in [0.2, 0.25) is 9.84 Å². The van der Waals surface area contributed by atoms with Gasteiger partial charge in [-0.2, -0.15) is 13.2 Å². The van der Waals surface area contributed by atoms with Crippen LogP contribution in [0.2, 0.25) is 0 Å². The molecule has 0 saturated heterocycles. The lowest BCUT2D eigenvalue weighted by Crippen LogP contribution is -2.34. The highest BCUT2D eigenvalue weighted by molar-refractivity contribution is 7.92. The average Bonchev–Trinajstić information content (AvgIpc) is 2.57. The predicted octanol–water partition coefficient (Wildman–Crippen LogP) is 5.78. The van der Waals surface area contributed by atoms with Gasteiger partial charge in [0, 0.05) is 0 Å². The first-order valence-corrected chi connectivity index (χ1v) is 10.3. The van der Waals surface area contributed by atoms with Crippen LogP contribution >= 0.6 is 0 Å². The molecule has 0 aliphatic carbocycles. The van der Waals surface area contributed by atoms with E-state index in [0.717, 1.165) is 16.0 Å². The van der Waals surface area contributed by atoms with E-state index in [4.69, 9.17) is 0 Å². The minimum absolute atomic E-state index is 0.0614. The van der Waals surface area contributed by atoms with Gasteiger partial charge in [0.25, 0.3) is 0 Å². The SMILES string of the molecule is CC(C)c1ccc2c(c1)N(CC(F)(F)F)c1ccc(C(C)C)cc1S2(=O)=O. The van der Waals surface area contributed by atoms with Gasteiger partial charge in [0.05, 0.1) is 21.2 Å². The van der Waals surface area contributed by atoms with Crippen LogP contribution in [0.3, 0.4) is 0 Å². The molecular weight excluding hydrogens is 375 g/mol. The lowest BCUT2D eigenvalue weighted by Gasteiger charge is -2.34. The van der Waals surface area contributed by atoms with Crippen LogP contribution in [-0.2, 0) is 9.84 Å². The van der Waals surface area contributed by atoms with Crippen LogP contribution in [0.1, 0.15) is 50.7 Å². The van der Waals surface area contributed by atoms with Crippen LogP contribution in [-0.4, -0.2) is 21.1 Å². The minimum Gasteiger partial charge on any atom is -0.330 e. The lowest BCUT2D eigenvalue weighted by molar-refractivity contribution is -0.118. The molecule has 0 aromatic heterocycles. The first kappa shape index (κ1) is 19.7. The summed E-state index contributed by atoms with van der Waals surface area (Å²) in [6.07, 6.45) is -4.47. The molecule has 0 fully saturated rings. The summed E-state index contributed by atoms with van der Waals surface area (Å²) in [5.74, 6) is 0.127. The second kappa shape index (κ2) is 6.55. The standard InChI is InChI=1S/C20H22F3NO2S/c1-12(2)14-6-8-18-17(9-14)24(11-20(21,22)23)16-7-5-15(13(3)4)10-19(16)27(18,25)26/h5-10,12-13H,11H2,1-4H3. The summed E-state index contributed by atoms with van der Waals surface area (Å²) < 4.78 is 66.2. The van der Waals surface area contributed by atoms with Crippen LogP contribution in [0.4, 0.5) is 24.5 Å². The van der Waals surface area contributed by atoms with Crippen molar-refractivity contribution in [3.63, 3.8) is 0 Å². The summed E-state index contributed by atoms with van der Waals surface area (Å²) in [6, 6.07) is 9.33. The van der Waals surface area contributed by atoms with Crippen molar-refractivity contribution < 1.29 is 21.6 Å². The van der Waals surface area contributed by atoms with E-state index in [9.17, 15) is 21.6 Å². The van der Waals surface area contributed by atoms with Gasteiger partial charge in [-0.15, -0.1) is 0 Å². The molecule has 0 atom stereocenters. The lowest BCUT2D eigenvalue weighted by atomic mass is 10.0. The van der Waals surface area contributed by atoms with Crippen molar-refractivity contribution in [1.82, 2.24) is 0 Å². The number of halogens is 3. The molecule has 0 radical (unpaired) electrons. The molecule has 27 heavy (non-hydrogen) atoms. The Hall–Kier alpha value is -2.02. The number of anilines is 2. The number of hydrogen-bond donors (Lipinski definition) is 0. The molecule has 0 amide bonds. The molecule has 1 aliphatic rings. The first-order chi connectivity index (χ1) is 12.4. The Morgan fingerprint density at radius 3 is 1.96 bits per heavy atom. The minimum atomic E-state index is -4.47. The van der Waals surface area contributed by atoms with Crippen molar-refractivity contribution in [1.29, 1.82) is 0 Å². The molecule has 1 aliphatic heterocycles. The van der Waals surface area contributed by atoms with Gasteiger partial charge in [-0.05, 0) is 47.2 Å². The molecule has 0 bridgehead atoms. The van der Waals surface area contributed by atoms with Gasteiger partial charge in [-0.3, -0.25) is 0 Å². The van der Waals surface area contributed by atoms with Gasteiger partial charge in [0.1, 0.15) is 6.54 Å². The number of benzene rings is 2.